The first-order valence-corrected chi connectivity index (χ1v) is 8.47. The lowest BCUT2D eigenvalue weighted by Gasteiger charge is -2.20. The van der Waals surface area contributed by atoms with Crippen LogP contribution in [0.4, 0.5) is 0 Å². The maximum atomic E-state index is 12.1. The molecular formula is C18H27N2O+. The largest absolute Gasteiger partial charge is 0.345 e. The van der Waals surface area contributed by atoms with E-state index in [9.17, 15) is 4.79 Å². The molecule has 1 aliphatic heterocycles. The van der Waals surface area contributed by atoms with Gasteiger partial charge in [-0.15, -0.1) is 0 Å². The van der Waals surface area contributed by atoms with E-state index < -0.39 is 0 Å². The molecule has 114 valence electrons. The highest BCUT2D eigenvalue weighted by Gasteiger charge is 2.20. The summed E-state index contributed by atoms with van der Waals surface area (Å²) >= 11 is 0. The number of carbonyl (C=O) groups excluding carboxylic acids is 1. The Bertz CT molecular complexity index is 506. The molecule has 0 saturated carbocycles. The fraction of sp³-hybridized carbons (Fsp3) is 0.611. The van der Waals surface area contributed by atoms with Crippen molar-refractivity contribution in [2.45, 2.75) is 51.5 Å². The van der Waals surface area contributed by atoms with E-state index in [-0.39, 0.29) is 11.9 Å². The summed E-state index contributed by atoms with van der Waals surface area (Å²) in [5.74, 6) is 0.192. The van der Waals surface area contributed by atoms with E-state index in [1.54, 1.807) is 0 Å². The second kappa shape index (κ2) is 6.61. The number of carbonyl (C=O) groups is 1. The first-order chi connectivity index (χ1) is 10.2. The summed E-state index contributed by atoms with van der Waals surface area (Å²) in [5.41, 5.74) is 4.25. The Morgan fingerprint density at radius 2 is 1.86 bits per heavy atom. The molecule has 1 saturated heterocycles. The molecule has 1 atom stereocenters. The number of amides is 1. The van der Waals surface area contributed by atoms with Crippen LogP contribution in [0.25, 0.3) is 0 Å². The van der Waals surface area contributed by atoms with Gasteiger partial charge in [0.2, 0.25) is 0 Å². The second-order valence-corrected chi connectivity index (χ2v) is 6.66. The molecule has 0 spiro atoms. The van der Waals surface area contributed by atoms with E-state index >= 15 is 0 Å². The number of quaternary nitrogens is 1. The number of hydrogen-bond donors (Lipinski definition) is 2. The number of aryl methyl sites for hydroxylation is 2. The molecule has 0 bridgehead atoms. The van der Waals surface area contributed by atoms with E-state index in [2.05, 4.69) is 30.4 Å². The van der Waals surface area contributed by atoms with Crippen LogP contribution >= 0.6 is 0 Å². The quantitative estimate of drug-likeness (QED) is 0.863. The molecule has 1 aliphatic carbocycles. The molecule has 1 aromatic carbocycles. The number of hydrogen-bond acceptors (Lipinski definition) is 1. The van der Waals surface area contributed by atoms with Crippen LogP contribution < -0.4 is 10.2 Å². The molecule has 2 aliphatic rings. The molecule has 3 nitrogen and oxygen atoms in total. The minimum Gasteiger partial charge on any atom is -0.345 e. The van der Waals surface area contributed by atoms with E-state index in [4.69, 9.17) is 0 Å². The number of nitrogens with one attached hydrogen (secondary N) is 2. The fourth-order valence-electron chi connectivity index (χ4n) is 3.68. The van der Waals surface area contributed by atoms with Crippen LogP contribution in [-0.4, -0.2) is 25.5 Å². The first kappa shape index (κ1) is 14.6. The summed E-state index contributed by atoms with van der Waals surface area (Å²) in [5, 5.41) is 3.17. The summed E-state index contributed by atoms with van der Waals surface area (Å²) < 4.78 is 0. The Morgan fingerprint density at radius 1 is 1.14 bits per heavy atom. The van der Waals surface area contributed by atoms with Crippen molar-refractivity contribution in [1.29, 1.82) is 0 Å². The van der Waals surface area contributed by atoms with Crippen molar-refractivity contribution in [2.24, 2.45) is 0 Å². The van der Waals surface area contributed by atoms with E-state index in [1.165, 1.54) is 60.1 Å². The molecule has 2 N–H and O–H groups in total. The van der Waals surface area contributed by atoms with Crippen molar-refractivity contribution in [3.63, 3.8) is 0 Å². The third-order valence-electron chi connectivity index (χ3n) is 4.97. The summed E-state index contributed by atoms with van der Waals surface area (Å²) in [7, 11) is 0. The van der Waals surface area contributed by atoms with Crippen LogP contribution in [0.2, 0.25) is 0 Å². The van der Waals surface area contributed by atoms with Crippen LogP contribution in [-0.2, 0) is 17.6 Å². The van der Waals surface area contributed by atoms with E-state index in [1.807, 2.05) is 0 Å². The Hall–Kier alpha value is -1.35. The maximum absolute atomic E-state index is 12.1. The lowest BCUT2D eigenvalue weighted by Crippen LogP contribution is -3.11. The third kappa shape index (κ3) is 3.65. The maximum Gasteiger partial charge on any atom is 0.275 e. The summed E-state index contributed by atoms with van der Waals surface area (Å²) in [6.45, 7) is 5.04. The average molecular weight is 287 g/mol. The zero-order chi connectivity index (χ0) is 14.7. The van der Waals surface area contributed by atoms with Gasteiger partial charge in [0.1, 0.15) is 0 Å². The van der Waals surface area contributed by atoms with Crippen LogP contribution in [0.5, 0.6) is 0 Å². The molecule has 21 heavy (non-hydrogen) atoms. The van der Waals surface area contributed by atoms with Crippen LogP contribution in [0.1, 0.15) is 55.3 Å². The highest BCUT2D eigenvalue weighted by Crippen LogP contribution is 2.24. The van der Waals surface area contributed by atoms with Gasteiger partial charge in [0.05, 0.1) is 19.1 Å². The van der Waals surface area contributed by atoms with Gasteiger partial charge < -0.3 is 10.2 Å². The molecule has 0 aromatic heterocycles. The van der Waals surface area contributed by atoms with Crippen LogP contribution in [0.15, 0.2) is 18.2 Å². The normalized spacial score (nSPS) is 20.0. The van der Waals surface area contributed by atoms with Crippen molar-refractivity contribution in [3.05, 3.63) is 34.9 Å². The fourth-order valence-corrected chi connectivity index (χ4v) is 3.68. The Labute approximate surface area is 127 Å². The smallest absolute Gasteiger partial charge is 0.275 e. The second-order valence-electron chi connectivity index (χ2n) is 6.66. The number of likely N-dealkylation sites (tertiary alicyclic amines) is 1. The highest BCUT2D eigenvalue weighted by atomic mass is 16.2. The zero-order valence-corrected chi connectivity index (χ0v) is 13.1. The molecule has 3 rings (SSSR count). The lowest BCUT2D eigenvalue weighted by molar-refractivity contribution is -0.879. The number of fused-ring (bicyclic) bond motifs is 1. The molecule has 0 unspecified atom stereocenters. The number of rotatable bonds is 4. The topological polar surface area (TPSA) is 33.5 Å². The molecule has 1 amide bonds. The molecule has 0 radical (unpaired) electrons. The standard InChI is InChI=1S/C18H26N2O/c1-14(19-18(21)13-20-10-4-5-11-20)16-9-8-15-6-2-3-7-17(15)12-16/h8-9,12,14H,2-7,10-11,13H2,1H3,(H,19,21)/p+1/t14-/m0/s1. The van der Waals surface area contributed by atoms with E-state index in [0.29, 0.717) is 6.54 Å². The zero-order valence-electron chi connectivity index (χ0n) is 13.1. The minimum atomic E-state index is 0.117. The lowest BCUT2D eigenvalue weighted by atomic mass is 9.89. The molecule has 3 heteroatoms. The van der Waals surface area contributed by atoms with Crippen LogP contribution in [0, 0.1) is 0 Å². The van der Waals surface area contributed by atoms with Crippen molar-refractivity contribution in [2.75, 3.05) is 19.6 Å². The van der Waals surface area contributed by atoms with Crippen molar-refractivity contribution in [1.82, 2.24) is 5.32 Å². The summed E-state index contributed by atoms with van der Waals surface area (Å²) in [4.78, 5) is 13.6. The minimum absolute atomic E-state index is 0.117. The molecule has 1 heterocycles. The SMILES string of the molecule is C[C@H](NC(=O)C[NH+]1CCCC1)c1ccc2c(c1)CCCC2. The van der Waals surface area contributed by atoms with Gasteiger partial charge in [-0.3, -0.25) is 4.79 Å². The average Bonchev–Trinajstić information content (AvgIpc) is 2.99. The van der Waals surface area contributed by atoms with Gasteiger partial charge in [-0.1, -0.05) is 18.2 Å². The van der Waals surface area contributed by atoms with Gasteiger partial charge in [0.25, 0.3) is 5.91 Å². The van der Waals surface area contributed by atoms with Gasteiger partial charge in [-0.2, -0.15) is 0 Å². The summed E-state index contributed by atoms with van der Waals surface area (Å²) in [6.07, 6.45) is 7.56. The van der Waals surface area contributed by atoms with Gasteiger partial charge >= 0.3 is 0 Å². The molecule has 1 fully saturated rings. The predicted octanol–water partition coefficient (Wildman–Crippen LogP) is 1.42. The Balaban J connectivity index is 1.59. The van der Waals surface area contributed by atoms with E-state index in [0.717, 1.165) is 13.1 Å². The monoisotopic (exact) mass is 287 g/mol. The van der Waals surface area contributed by atoms with Gasteiger partial charge in [0.15, 0.2) is 6.54 Å². The van der Waals surface area contributed by atoms with Gasteiger partial charge in [-0.25, -0.2) is 0 Å². The predicted molar refractivity (Wildman–Crippen MR) is 84.4 cm³/mol. The van der Waals surface area contributed by atoms with Crippen molar-refractivity contribution < 1.29 is 9.69 Å². The third-order valence-corrected chi connectivity index (χ3v) is 4.97. The Morgan fingerprint density at radius 3 is 2.62 bits per heavy atom. The number of benzene rings is 1. The van der Waals surface area contributed by atoms with Gasteiger partial charge in [0, 0.05) is 12.8 Å². The summed E-state index contributed by atoms with van der Waals surface area (Å²) in [6, 6.07) is 6.88. The van der Waals surface area contributed by atoms with Crippen molar-refractivity contribution in [3.8, 4) is 0 Å². The first-order valence-electron chi connectivity index (χ1n) is 8.47. The highest BCUT2D eigenvalue weighted by molar-refractivity contribution is 5.77. The van der Waals surface area contributed by atoms with Gasteiger partial charge in [-0.05, 0) is 49.3 Å². The van der Waals surface area contributed by atoms with Crippen LogP contribution in [0.3, 0.4) is 0 Å². The van der Waals surface area contributed by atoms with Crippen molar-refractivity contribution >= 4 is 5.91 Å². The molecular weight excluding hydrogens is 260 g/mol. The molecule has 1 aromatic rings. The Kier molecular flexibility index (Phi) is 4.59.